The smallest absolute Gasteiger partial charge is 0.120 e. The van der Waals surface area contributed by atoms with Gasteiger partial charge in [0.05, 0.1) is 0 Å². The predicted molar refractivity (Wildman–Crippen MR) is 90.1 cm³/mol. The highest BCUT2D eigenvalue weighted by Crippen LogP contribution is 2.21. The molecule has 1 atom stereocenters. The van der Waals surface area contributed by atoms with Gasteiger partial charge in [-0.3, -0.25) is 0 Å². The van der Waals surface area contributed by atoms with Crippen LogP contribution in [0.15, 0.2) is 60.0 Å². The number of rotatable bonds is 6. The Morgan fingerprint density at radius 1 is 1.05 bits per heavy atom. The molecule has 21 heavy (non-hydrogen) atoms. The fourth-order valence-electron chi connectivity index (χ4n) is 2.33. The fourth-order valence-corrected chi connectivity index (χ4v) is 3.00. The Balaban J connectivity index is 1.54. The first kappa shape index (κ1) is 14.1. The summed E-state index contributed by atoms with van der Waals surface area (Å²) in [5, 5.41) is 7.99. The molecule has 2 nitrogen and oxygen atoms in total. The van der Waals surface area contributed by atoms with Gasteiger partial charge in [-0.25, -0.2) is 0 Å². The summed E-state index contributed by atoms with van der Waals surface area (Å²) in [5.74, 6) is 0.930. The molecule has 3 heteroatoms. The summed E-state index contributed by atoms with van der Waals surface area (Å²) in [4.78, 5) is 1.35. The van der Waals surface area contributed by atoms with Gasteiger partial charge in [-0.15, -0.1) is 11.3 Å². The molecule has 0 aliphatic carbocycles. The monoisotopic (exact) mass is 297 g/mol. The van der Waals surface area contributed by atoms with E-state index in [1.807, 2.05) is 6.07 Å². The number of fused-ring (bicyclic) bond motifs is 1. The van der Waals surface area contributed by atoms with Crippen LogP contribution in [0.1, 0.15) is 11.8 Å². The zero-order valence-electron chi connectivity index (χ0n) is 12.1. The second-order valence-electron chi connectivity index (χ2n) is 5.15. The molecule has 3 aromatic rings. The zero-order chi connectivity index (χ0) is 14.5. The molecule has 1 aromatic heterocycles. The Morgan fingerprint density at radius 3 is 2.71 bits per heavy atom. The molecular weight excluding hydrogens is 278 g/mol. The van der Waals surface area contributed by atoms with Crippen LogP contribution in [0.4, 0.5) is 0 Å². The average molecular weight is 297 g/mol. The maximum absolute atomic E-state index is 5.98. The normalized spacial score (nSPS) is 12.4. The number of ether oxygens (including phenoxy) is 1. The van der Waals surface area contributed by atoms with Crippen molar-refractivity contribution in [2.45, 2.75) is 19.6 Å². The largest absolute Gasteiger partial charge is 0.489 e. The molecule has 0 fully saturated rings. The van der Waals surface area contributed by atoms with Crippen molar-refractivity contribution in [2.24, 2.45) is 0 Å². The van der Waals surface area contributed by atoms with E-state index in [1.54, 1.807) is 11.3 Å². The number of hydrogen-bond donors (Lipinski definition) is 1. The van der Waals surface area contributed by atoms with Crippen molar-refractivity contribution in [3.05, 3.63) is 64.9 Å². The van der Waals surface area contributed by atoms with Crippen LogP contribution in [0.3, 0.4) is 0 Å². The third-order valence-electron chi connectivity index (χ3n) is 3.37. The lowest BCUT2D eigenvalue weighted by Crippen LogP contribution is -2.28. The molecule has 3 rings (SSSR count). The van der Waals surface area contributed by atoms with Gasteiger partial charge in [-0.2, -0.15) is 0 Å². The minimum atomic E-state index is 0.145. The summed E-state index contributed by atoms with van der Waals surface area (Å²) in [7, 11) is 0. The summed E-state index contributed by atoms with van der Waals surface area (Å²) >= 11 is 1.78. The van der Waals surface area contributed by atoms with Crippen molar-refractivity contribution in [3.8, 4) is 5.75 Å². The van der Waals surface area contributed by atoms with E-state index in [0.29, 0.717) is 0 Å². The van der Waals surface area contributed by atoms with E-state index in [1.165, 1.54) is 15.6 Å². The maximum atomic E-state index is 5.98. The molecule has 2 aromatic carbocycles. The Bertz CT molecular complexity index is 693. The highest BCUT2D eigenvalue weighted by atomic mass is 32.1. The van der Waals surface area contributed by atoms with E-state index in [0.717, 1.165) is 18.8 Å². The van der Waals surface area contributed by atoms with Gasteiger partial charge in [-0.1, -0.05) is 36.4 Å². The Morgan fingerprint density at radius 2 is 1.90 bits per heavy atom. The van der Waals surface area contributed by atoms with E-state index in [4.69, 9.17) is 4.74 Å². The van der Waals surface area contributed by atoms with Crippen LogP contribution < -0.4 is 10.1 Å². The molecular formula is C18H19NOS. The van der Waals surface area contributed by atoms with Gasteiger partial charge in [0.15, 0.2) is 0 Å². The van der Waals surface area contributed by atoms with Crippen LogP contribution in [0.5, 0.6) is 5.75 Å². The van der Waals surface area contributed by atoms with Crippen LogP contribution >= 0.6 is 11.3 Å². The average Bonchev–Trinajstić information content (AvgIpc) is 3.00. The molecule has 0 radical (unpaired) electrons. The second kappa shape index (κ2) is 6.74. The van der Waals surface area contributed by atoms with Crippen molar-refractivity contribution in [1.29, 1.82) is 0 Å². The van der Waals surface area contributed by atoms with Crippen molar-refractivity contribution in [1.82, 2.24) is 5.32 Å². The number of benzene rings is 2. The minimum absolute atomic E-state index is 0.145. The van der Waals surface area contributed by atoms with Gasteiger partial charge < -0.3 is 10.1 Å². The summed E-state index contributed by atoms with van der Waals surface area (Å²) in [6.07, 6.45) is 0.145. The van der Waals surface area contributed by atoms with Crippen molar-refractivity contribution < 1.29 is 4.74 Å². The highest BCUT2D eigenvalue weighted by molar-refractivity contribution is 7.09. The second-order valence-corrected chi connectivity index (χ2v) is 6.18. The fraction of sp³-hybridized carbons (Fsp3) is 0.222. The van der Waals surface area contributed by atoms with Crippen LogP contribution in [-0.4, -0.2) is 12.6 Å². The van der Waals surface area contributed by atoms with Gasteiger partial charge in [0.2, 0.25) is 0 Å². The van der Waals surface area contributed by atoms with Crippen molar-refractivity contribution in [3.63, 3.8) is 0 Å². The van der Waals surface area contributed by atoms with Crippen molar-refractivity contribution >= 4 is 22.1 Å². The zero-order valence-corrected chi connectivity index (χ0v) is 12.9. The van der Waals surface area contributed by atoms with Crippen LogP contribution in [0, 0.1) is 0 Å². The first-order valence-electron chi connectivity index (χ1n) is 7.20. The number of nitrogens with one attached hydrogen (secondary N) is 1. The van der Waals surface area contributed by atoms with Crippen molar-refractivity contribution in [2.75, 3.05) is 6.54 Å². The van der Waals surface area contributed by atoms with Gasteiger partial charge in [0.1, 0.15) is 11.9 Å². The standard InChI is InChI=1S/C18H19NOS/c1-14(12-19-13-18-7-4-10-21-18)20-17-9-8-15-5-2-3-6-16(15)11-17/h2-11,14,19H,12-13H2,1H3. The Hall–Kier alpha value is -1.84. The third-order valence-corrected chi connectivity index (χ3v) is 4.25. The van der Waals surface area contributed by atoms with Crippen LogP contribution in [0.25, 0.3) is 10.8 Å². The molecule has 1 unspecified atom stereocenters. The topological polar surface area (TPSA) is 21.3 Å². The first-order valence-corrected chi connectivity index (χ1v) is 8.08. The van der Waals surface area contributed by atoms with Crippen LogP contribution in [0.2, 0.25) is 0 Å². The summed E-state index contributed by atoms with van der Waals surface area (Å²) in [5.41, 5.74) is 0. The summed E-state index contributed by atoms with van der Waals surface area (Å²) in [6.45, 7) is 3.84. The number of thiophene rings is 1. The van der Waals surface area contributed by atoms with E-state index >= 15 is 0 Å². The quantitative estimate of drug-likeness (QED) is 0.725. The van der Waals surface area contributed by atoms with Gasteiger partial charge in [0, 0.05) is 18.0 Å². The van der Waals surface area contributed by atoms with E-state index in [2.05, 4.69) is 66.2 Å². The molecule has 0 spiro atoms. The number of hydrogen-bond acceptors (Lipinski definition) is 3. The van der Waals surface area contributed by atoms with Crippen LogP contribution in [-0.2, 0) is 6.54 Å². The Labute approximate surface area is 129 Å². The summed E-state index contributed by atoms with van der Waals surface area (Å²) < 4.78 is 5.98. The van der Waals surface area contributed by atoms with Gasteiger partial charge in [0.25, 0.3) is 0 Å². The predicted octanol–water partition coefficient (Wildman–Crippen LogP) is 4.46. The minimum Gasteiger partial charge on any atom is -0.489 e. The maximum Gasteiger partial charge on any atom is 0.120 e. The molecule has 0 saturated heterocycles. The molecule has 108 valence electrons. The van der Waals surface area contributed by atoms with E-state index < -0.39 is 0 Å². The molecule has 0 bridgehead atoms. The van der Waals surface area contributed by atoms with Gasteiger partial charge >= 0.3 is 0 Å². The summed E-state index contributed by atoms with van der Waals surface area (Å²) in [6, 6.07) is 18.8. The SMILES string of the molecule is CC(CNCc1cccs1)Oc1ccc2ccccc2c1. The lowest BCUT2D eigenvalue weighted by atomic mass is 10.1. The first-order chi connectivity index (χ1) is 10.3. The van der Waals surface area contributed by atoms with E-state index in [-0.39, 0.29) is 6.10 Å². The molecule has 1 heterocycles. The lowest BCUT2D eigenvalue weighted by molar-refractivity contribution is 0.217. The van der Waals surface area contributed by atoms with E-state index in [9.17, 15) is 0 Å². The molecule has 0 aliphatic rings. The molecule has 0 amide bonds. The molecule has 0 saturated carbocycles. The Kier molecular flexibility index (Phi) is 4.53. The highest BCUT2D eigenvalue weighted by Gasteiger charge is 2.05. The third kappa shape index (κ3) is 3.84. The van der Waals surface area contributed by atoms with Gasteiger partial charge in [-0.05, 0) is 41.3 Å². The molecule has 1 N–H and O–H groups in total. The lowest BCUT2D eigenvalue weighted by Gasteiger charge is -2.15. The molecule has 0 aliphatic heterocycles.